The van der Waals surface area contributed by atoms with Gasteiger partial charge in [-0.25, -0.2) is 0 Å². The molecule has 2 heterocycles. The molecular formula is C19H25ClN4O2. The van der Waals surface area contributed by atoms with E-state index < -0.39 is 5.92 Å². The smallest absolute Gasteiger partial charge is 0.237 e. The second kappa shape index (κ2) is 8.85. The molecule has 1 fully saturated rings. The van der Waals surface area contributed by atoms with E-state index in [-0.39, 0.29) is 11.8 Å². The van der Waals surface area contributed by atoms with Gasteiger partial charge >= 0.3 is 0 Å². The van der Waals surface area contributed by atoms with Crippen LogP contribution in [0, 0.1) is 12.8 Å². The van der Waals surface area contributed by atoms with Gasteiger partial charge in [-0.2, -0.15) is 5.10 Å². The van der Waals surface area contributed by atoms with E-state index in [0.717, 1.165) is 23.4 Å². The second-order valence-electron chi connectivity index (χ2n) is 6.33. The number of anilines is 1. The highest BCUT2D eigenvalue weighted by atomic mass is 35.5. The Kier molecular flexibility index (Phi) is 6.80. The third-order valence-electron chi connectivity index (χ3n) is 4.48. The maximum absolute atomic E-state index is 12.1. The van der Waals surface area contributed by atoms with Gasteiger partial charge in [0.2, 0.25) is 11.8 Å². The first-order valence-corrected chi connectivity index (χ1v) is 9.01. The minimum atomic E-state index is -0.528. The number of carbonyl (C=O) groups excluding carboxylic acids is 2. The first-order valence-electron chi connectivity index (χ1n) is 8.63. The summed E-state index contributed by atoms with van der Waals surface area (Å²) in [6.07, 6.45) is 1.46. The maximum atomic E-state index is 12.1. The van der Waals surface area contributed by atoms with E-state index in [1.165, 1.54) is 0 Å². The van der Waals surface area contributed by atoms with Crippen molar-refractivity contribution in [2.24, 2.45) is 13.0 Å². The highest BCUT2D eigenvalue weighted by Gasteiger charge is 2.34. The summed E-state index contributed by atoms with van der Waals surface area (Å²) in [6.45, 7) is 4.66. The van der Waals surface area contributed by atoms with E-state index in [2.05, 4.69) is 10.4 Å². The Labute approximate surface area is 159 Å². The van der Waals surface area contributed by atoms with Crippen molar-refractivity contribution < 1.29 is 9.59 Å². The Morgan fingerprint density at radius 2 is 2.04 bits per heavy atom. The molecular weight excluding hydrogens is 352 g/mol. The summed E-state index contributed by atoms with van der Waals surface area (Å²) in [6, 6.07) is 9.51. The zero-order chi connectivity index (χ0) is 19.3. The zero-order valence-electron chi connectivity index (χ0n) is 15.6. The minimum Gasteiger partial charge on any atom is -0.345 e. The number of para-hydroxylation sites is 1. The van der Waals surface area contributed by atoms with E-state index in [1.54, 1.807) is 16.6 Å². The third-order valence-corrected chi connectivity index (χ3v) is 4.67. The van der Waals surface area contributed by atoms with Crippen molar-refractivity contribution in [1.82, 2.24) is 14.7 Å². The highest BCUT2D eigenvalue weighted by Crippen LogP contribution is 2.21. The van der Waals surface area contributed by atoms with E-state index in [4.69, 9.17) is 11.6 Å². The monoisotopic (exact) mass is 376 g/mol. The number of amides is 2. The van der Waals surface area contributed by atoms with Gasteiger partial charge in [-0.1, -0.05) is 36.7 Å². The fourth-order valence-electron chi connectivity index (χ4n) is 2.75. The lowest BCUT2D eigenvalue weighted by Crippen LogP contribution is -2.31. The van der Waals surface area contributed by atoms with Gasteiger partial charge in [0.1, 0.15) is 5.92 Å². The van der Waals surface area contributed by atoms with Crippen molar-refractivity contribution in [3.63, 3.8) is 0 Å². The summed E-state index contributed by atoms with van der Waals surface area (Å²) >= 11 is 5.53. The number of hydrogen-bond donors (Lipinski definition) is 1. The van der Waals surface area contributed by atoms with E-state index in [1.807, 2.05) is 51.2 Å². The minimum absolute atomic E-state index is 0.0820. The Morgan fingerprint density at radius 1 is 1.35 bits per heavy atom. The fourth-order valence-corrected chi connectivity index (χ4v) is 3.02. The van der Waals surface area contributed by atoms with E-state index in [0.29, 0.717) is 18.1 Å². The van der Waals surface area contributed by atoms with E-state index >= 15 is 0 Å². The van der Waals surface area contributed by atoms with Crippen molar-refractivity contribution in [2.75, 3.05) is 18.9 Å². The molecule has 0 unspecified atom stereocenters. The van der Waals surface area contributed by atoms with Crippen LogP contribution in [0.2, 0.25) is 5.15 Å². The van der Waals surface area contributed by atoms with Crippen LogP contribution < -0.4 is 5.32 Å². The van der Waals surface area contributed by atoms with Gasteiger partial charge in [-0.3, -0.25) is 14.3 Å². The van der Waals surface area contributed by atoms with Crippen LogP contribution in [0.4, 0.5) is 5.69 Å². The number of benzene rings is 1. The number of nitrogens with zero attached hydrogens (tertiary/aromatic N) is 3. The molecule has 1 atom stereocenters. The number of aromatic nitrogens is 2. The lowest BCUT2D eigenvalue weighted by atomic mass is 10.1. The van der Waals surface area contributed by atoms with Crippen LogP contribution in [0.15, 0.2) is 30.3 Å². The van der Waals surface area contributed by atoms with Crippen LogP contribution in [-0.4, -0.2) is 40.1 Å². The molecule has 0 radical (unpaired) electrons. The molecule has 1 N–H and O–H groups in total. The molecule has 7 heteroatoms. The number of likely N-dealkylation sites (tertiary alicyclic amines) is 1. The third kappa shape index (κ3) is 4.85. The summed E-state index contributed by atoms with van der Waals surface area (Å²) < 4.78 is 1.74. The van der Waals surface area contributed by atoms with E-state index in [9.17, 15) is 9.59 Å². The second-order valence-corrected chi connectivity index (χ2v) is 6.72. The van der Waals surface area contributed by atoms with Crippen molar-refractivity contribution in [2.45, 2.75) is 26.7 Å². The Bertz CT molecular complexity index is 768. The molecule has 2 aromatic rings. The predicted octanol–water partition coefficient (Wildman–Crippen LogP) is 3.05. The van der Waals surface area contributed by atoms with Crippen molar-refractivity contribution in [1.29, 1.82) is 0 Å². The molecule has 1 aromatic carbocycles. The SMILES string of the molecule is CCc1ccccc1NC(=O)[C@@H]1CCN(C)C1=O.Cc1cc(Cl)nn1C. The quantitative estimate of drug-likeness (QED) is 0.837. The number of hydrogen-bond acceptors (Lipinski definition) is 3. The number of nitrogens with one attached hydrogen (secondary N) is 1. The van der Waals surface area contributed by atoms with Crippen molar-refractivity contribution >= 4 is 29.1 Å². The Balaban J connectivity index is 0.000000254. The van der Waals surface area contributed by atoms with Crippen molar-refractivity contribution in [3.05, 3.63) is 46.7 Å². The largest absolute Gasteiger partial charge is 0.345 e. The molecule has 6 nitrogen and oxygen atoms in total. The van der Waals surface area contributed by atoms with Gasteiger partial charge in [0.25, 0.3) is 0 Å². The molecule has 1 aliphatic heterocycles. The number of carbonyl (C=O) groups is 2. The maximum Gasteiger partial charge on any atom is 0.237 e. The lowest BCUT2D eigenvalue weighted by Gasteiger charge is -2.13. The molecule has 1 aliphatic rings. The van der Waals surface area contributed by atoms with Gasteiger partial charge in [-0.05, 0) is 37.5 Å². The summed E-state index contributed by atoms with van der Waals surface area (Å²) in [4.78, 5) is 25.4. The van der Waals surface area contributed by atoms with Gasteiger partial charge in [-0.15, -0.1) is 0 Å². The Hall–Kier alpha value is -2.34. The standard InChI is InChI=1S/C14H18N2O2.C5H7ClN2/c1-3-10-6-4-5-7-12(10)15-13(17)11-8-9-16(2)14(11)18;1-4-3-5(6)7-8(4)2/h4-7,11H,3,8-9H2,1-2H3,(H,15,17);3H,1-2H3/t11-;/m0./s1. The number of aryl methyl sites for hydroxylation is 3. The van der Waals surface area contributed by atoms with Crippen LogP contribution in [0.1, 0.15) is 24.6 Å². The molecule has 0 saturated carbocycles. The van der Waals surface area contributed by atoms with Crippen LogP contribution in [0.5, 0.6) is 0 Å². The molecule has 1 aromatic heterocycles. The number of rotatable bonds is 3. The molecule has 1 saturated heterocycles. The first-order chi connectivity index (χ1) is 12.3. The molecule has 0 aliphatic carbocycles. The molecule has 26 heavy (non-hydrogen) atoms. The number of halogens is 1. The van der Waals surface area contributed by atoms with Gasteiger partial charge in [0.15, 0.2) is 5.15 Å². The summed E-state index contributed by atoms with van der Waals surface area (Å²) in [7, 11) is 3.59. The zero-order valence-corrected chi connectivity index (χ0v) is 16.4. The predicted molar refractivity (Wildman–Crippen MR) is 103 cm³/mol. The van der Waals surface area contributed by atoms with Crippen molar-refractivity contribution in [3.8, 4) is 0 Å². The van der Waals surface area contributed by atoms with Crippen LogP contribution in [0.25, 0.3) is 0 Å². The van der Waals surface area contributed by atoms with Crippen LogP contribution in [-0.2, 0) is 23.1 Å². The fraction of sp³-hybridized carbons (Fsp3) is 0.421. The highest BCUT2D eigenvalue weighted by molar-refractivity contribution is 6.29. The first kappa shape index (κ1) is 20.0. The summed E-state index contributed by atoms with van der Waals surface area (Å²) in [5, 5.41) is 7.32. The normalized spacial score (nSPS) is 16.3. The summed E-state index contributed by atoms with van der Waals surface area (Å²) in [5.74, 6) is -0.799. The molecule has 3 rings (SSSR count). The molecule has 0 spiro atoms. The van der Waals surface area contributed by atoms with Crippen LogP contribution in [0.3, 0.4) is 0 Å². The molecule has 140 valence electrons. The van der Waals surface area contributed by atoms with Gasteiger partial charge < -0.3 is 10.2 Å². The average Bonchev–Trinajstić information content (AvgIpc) is 3.09. The molecule has 0 bridgehead atoms. The summed E-state index contributed by atoms with van der Waals surface area (Å²) in [5.41, 5.74) is 2.98. The average molecular weight is 377 g/mol. The lowest BCUT2D eigenvalue weighted by molar-refractivity contribution is -0.134. The molecule has 2 amide bonds. The van der Waals surface area contributed by atoms with Crippen LogP contribution >= 0.6 is 11.6 Å². The van der Waals surface area contributed by atoms with Gasteiger partial charge in [0.05, 0.1) is 0 Å². The Morgan fingerprint density at radius 3 is 2.50 bits per heavy atom. The topological polar surface area (TPSA) is 67.2 Å². The van der Waals surface area contributed by atoms with Gasteiger partial charge in [0, 0.05) is 32.0 Å².